The lowest BCUT2D eigenvalue weighted by atomic mass is 10.0. The number of carbonyl (C=O) groups is 3. The van der Waals surface area contributed by atoms with E-state index in [4.69, 9.17) is 15.4 Å². The van der Waals surface area contributed by atoms with Gasteiger partial charge < -0.3 is 30.6 Å². The number of hydrogen-bond acceptors (Lipinski definition) is 7. The van der Waals surface area contributed by atoms with Gasteiger partial charge in [0.15, 0.2) is 11.6 Å². The Morgan fingerprint density at radius 3 is 2.91 bits per heavy atom. The van der Waals surface area contributed by atoms with Gasteiger partial charge in [0.25, 0.3) is 0 Å². The Bertz CT molecular complexity index is 1190. The van der Waals surface area contributed by atoms with Gasteiger partial charge in [-0.25, -0.2) is 4.79 Å². The summed E-state index contributed by atoms with van der Waals surface area (Å²) in [5, 5.41) is 16.8. The summed E-state index contributed by atoms with van der Waals surface area (Å²) in [5.41, 5.74) is 7.94. The lowest BCUT2D eigenvalue weighted by Gasteiger charge is -2.25. The van der Waals surface area contributed by atoms with Crippen LogP contribution in [0, 0.1) is 0 Å². The summed E-state index contributed by atoms with van der Waals surface area (Å²) in [6, 6.07) is 5.59. The molecule has 0 saturated carbocycles. The molecular formula is C23H28N6O5. The number of nitrogens with two attached hydrogens (primary N) is 1. The molecule has 1 saturated heterocycles. The third-order valence-corrected chi connectivity index (χ3v) is 6.14. The number of benzene rings is 1. The van der Waals surface area contributed by atoms with E-state index in [1.165, 1.54) is 6.92 Å². The zero-order valence-electron chi connectivity index (χ0n) is 18.9. The first-order valence-electron chi connectivity index (χ1n) is 11.3. The van der Waals surface area contributed by atoms with Gasteiger partial charge in [0.1, 0.15) is 6.04 Å². The van der Waals surface area contributed by atoms with E-state index >= 15 is 0 Å². The smallest absolute Gasteiger partial charge is 0.318 e. The van der Waals surface area contributed by atoms with Gasteiger partial charge in [0.2, 0.25) is 5.89 Å². The number of amides is 2. The Hall–Kier alpha value is -3.73. The molecule has 2 amide bonds. The highest BCUT2D eigenvalue weighted by Gasteiger charge is 2.34. The second-order valence-electron chi connectivity index (χ2n) is 8.56. The quantitative estimate of drug-likeness (QED) is 0.371. The van der Waals surface area contributed by atoms with E-state index in [9.17, 15) is 14.4 Å². The zero-order chi connectivity index (χ0) is 24.2. The average molecular weight is 469 g/mol. The Labute approximate surface area is 195 Å². The number of carboxylic acid groups (broad SMARTS) is 1. The van der Waals surface area contributed by atoms with E-state index in [-0.39, 0.29) is 36.4 Å². The molecule has 4 rings (SSSR count). The van der Waals surface area contributed by atoms with Crippen LogP contribution < -0.4 is 11.1 Å². The van der Waals surface area contributed by atoms with E-state index in [0.717, 1.165) is 22.9 Å². The van der Waals surface area contributed by atoms with Crippen molar-refractivity contribution in [3.05, 3.63) is 47.7 Å². The monoisotopic (exact) mass is 468 g/mol. The summed E-state index contributed by atoms with van der Waals surface area (Å²) in [5.74, 6) is -0.671. The van der Waals surface area contributed by atoms with Crippen LogP contribution in [0.4, 0.5) is 4.79 Å². The predicted molar refractivity (Wildman–Crippen MR) is 122 cm³/mol. The number of rotatable bonds is 9. The number of ketones is 1. The summed E-state index contributed by atoms with van der Waals surface area (Å²) in [7, 11) is 0. The number of aliphatic carboxylic acids is 1. The lowest BCUT2D eigenvalue weighted by Crippen LogP contribution is -2.46. The van der Waals surface area contributed by atoms with E-state index in [0.29, 0.717) is 19.4 Å². The summed E-state index contributed by atoms with van der Waals surface area (Å²) in [6.45, 7) is 1.98. The van der Waals surface area contributed by atoms with Crippen LogP contribution in [0.3, 0.4) is 0 Å². The maximum Gasteiger partial charge on any atom is 0.318 e. The third kappa shape index (κ3) is 5.09. The Balaban J connectivity index is 1.58. The van der Waals surface area contributed by atoms with Gasteiger partial charge >= 0.3 is 12.0 Å². The van der Waals surface area contributed by atoms with Crippen molar-refractivity contribution in [2.24, 2.45) is 5.73 Å². The van der Waals surface area contributed by atoms with Gasteiger partial charge in [0.05, 0.1) is 12.1 Å². The number of hydrogen-bond donors (Lipinski definition) is 4. The topological polar surface area (TPSA) is 167 Å². The van der Waals surface area contributed by atoms with Crippen LogP contribution in [0.15, 0.2) is 35.0 Å². The number of fused-ring (bicyclic) bond motifs is 1. The number of nitrogens with zero attached hydrogens (tertiary/aromatic N) is 3. The van der Waals surface area contributed by atoms with Crippen molar-refractivity contribution in [2.75, 3.05) is 6.54 Å². The fourth-order valence-electron chi connectivity index (χ4n) is 4.33. The summed E-state index contributed by atoms with van der Waals surface area (Å²) in [4.78, 5) is 45.1. The highest BCUT2D eigenvalue weighted by atomic mass is 16.5. The van der Waals surface area contributed by atoms with Gasteiger partial charge in [-0.2, -0.15) is 4.98 Å². The second-order valence-corrected chi connectivity index (χ2v) is 8.56. The number of H-pyrrole nitrogens is 1. The zero-order valence-corrected chi connectivity index (χ0v) is 18.9. The number of para-hydroxylation sites is 1. The lowest BCUT2D eigenvalue weighted by molar-refractivity contribution is -0.137. The maximum absolute atomic E-state index is 13.1. The molecule has 1 aromatic carbocycles. The van der Waals surface area contributed by atoms with Crippen LogP contribution in [-0.2, 0) is 16.0 Å². The predicted octanol–water partition coefficient (Wildman–Crippen LogP) is 2.46. The fraction of sp³-hybridized carbons (Fsp3) is 0.435. The van der Waals surface area contributed by atoms with Crippen molar-refractivity contribution < 1.29 is 24.0 Å². The van der Waals surface area contributed by atoms with Gasteiger partial charge in [-0.05, 0) is 37.8 Å². The molecule has 2 aromatic heterocycles. The van der Waals surface area contributed by atoms with Crippen molar-refractivity contribution in [3.63, 3.8) is 0 Å². The minimum atomic E-state index is -0.964. The molecule has 0 spiro atoms. The number of carboxylic acids is 1. The molecule has 0 aliphatic carbocycles. The Morgan fingerprint density at radius 2 is 2.15 bits per heavy atom. The molecule has 3 atom stereocenters. The van der Waals surface area contributed by atoms with Gasteiger partial charge in [-0.1, -0.05) is 23.4 Å². The summed E-state index contributed by atoms with van der Waals surface area (Å²) in [6.07, 6.45) is 3.66. The van der Waals surface area contributed by atoms with Crippen molar-refractivity contribution in [1.82, 2.24) is 25.3 Å². The minimum Gasteiger partial charge on any atom is -0.481 e. The molecule has 3 aromatic rings. The van der Waals surface area contributed by atoms with Crippen LogP contribution >= 0.6 is 0 Å². The van der Waals surface area contributed by atoms with Crippen molar-refractivity contribution >= 4 is 28.7 Å². The SMILES string of the molecule is CC(=O)C1CCCN1C(=O)N[C@@H](Cc1c[nH]c2ccccc12)c1nc([C@@H](N)CCC(=O)O)no1. The minimum absolute atomic E-state index is 0.0506. The number of likely N-dealkylation sites (tertiary alicyclic amines) is 1. The number of urea groups is 1. The molecule has 34 heavy (non-hydrogen) atoms. The average Bonchev–Trinajstić information content (AvgIpc) is 3.56. The molecule has 3 heterocycles. The molecule has 180 valence electrons. The van der Waals surface area contributed by atoms with Crippen molar-refractivity contribution in [1.29, 1.82) is 0 Å². The number of aromatic amines is 1. The number of carbonyl (C=O) groups excluding carboxylic acids is 2. The van der Waals surface area contributed by atoms with E-state index in [1.54, 1.807) is 4.90 Å². The molecular weight excluding hydrogens is 440 g/mol. The maximum atomic E-state index is 13.1. The fourth-order valence-corrected chi connectivity index (χ4v) is 4.33. The molecule has 1 aliphatic rings. The van der Waals surface area contributed by atoms with E-state index in [2.05, 4.69) is 20.4 Å². The van der Waals surface area contributed by atoms with Gasteiger partial charge in [-0.15, -0.1) is 0 Å². The number of Topliss-reactive ketones (excluding diaryl/α,β-unsaturated/α-hetero) is 1. The summed E-state index contributed by atoms with van der Waals surface area (Å²) >= 11 is 0. The molecule has 0 bridgehead atoms. The summed E-state index contributed by atoms with van der Waals surface area (Å²) < 4.78 is 5.45. The van der Waals surface area contributed by atoms with Gasteiger partial charge in [-0.3, -0.25) is 9.59 Å². The van der Waals surface area contributed by atoms with E-state index < -0.39 is 24.1 Å². The largest absolute Gasteiger partial charge is 0.481 e. The first-order valence-corrected chi connectivity index (χ1v) is 11.3. The van der Waals surface area contributed by atoms with Crippen molar-refractivity contribution in [2.45, 2.75) is 57.2 Å². The molecule has 5 N–H and O–H groups in total. The van der Waals surface area contributed by atoms with Crippen molar-refractivity contribution in [3.8, 4) is 0 Å². The third-order valence-electron chi connectivity index (χ3n) is 6.14. The van der Waals surface area contributed by atoms with Crippen LogP contribution in [0.2, 0.25) is 0 Å². The molecule has 1 unspecified atom stereocenters. The Kier molecular flexibility index (Phi) is 6.92. The number of aromatic nitrogens is 3. The highest BCUT2D eigenvalue weighted by Crippen LogP contribution is 2.26. The molecule has 11 heteroatoms. The molecule has 1 fully saturated rings. The molecule has 1 aliphatic heterocycles. The number of nitrogens with one attached hydrogen (secondary N) is 2. The first kappa shape index (κ1) is 23.4. The van der Waals surface area contributed by atoms with Crippen LogP contribution in [0.25, 0.3) is 10.9 Å². The van der Waals surface area contributed by atoms with Crippen LogP contribution in [0.1, 0.15) is 62.0 Å². The highest BCUT2D eigenvalue weighted by molar-refractivity contribution is 5.87. The van der Waals surface area contributed by atoms with Crippen LogP contribution in [0.5, 0.6) is 0 Å². The Morgan fingerprint density at radius 1 is 1.35 bits per heavy atom. The first-order chi connectivity index (χ1) is 16.3. The molecule has 0 radical (unpaired) electrons. The molecule has 11 nitrogen and oxygen atoms in total. The van der Waals surface area contributed by atoms with Gasteiger partial charge in [0, 0.05) is 36.5 Å². The normalized spacial score (nSPS) is 17.6. The van der Waals surface area contributed by atoms with Crippen LogP contribution in [-0.4, -0.2) is 55.5 Å². The second kappa shape index (κ2) is 10.0. The van der Waals surface area contributed by atoms with E-state index in [1.807, 2.05) is 30.5 Å². The standard InChI is InChI=1S/C23H28N6O5/c1-13(30)19-7-4-10-29(19)23(33)26-18(11-14-12-25-17-6-3-2-5-15(14)17)22-27-21(28-34-22)16(24)8-9-20(31)32/h2-3,5-6,12,16,18-19,25H,4,7-11,24H2,1H3,(H,26,33)(H,31,32)/t16-,18-,19?/m0/s1.